The Morgan fingerprint density at radius 2 is 1.82 bits per heavy atom. The third-order valence-corrected chi connectivity index (χ3v) is 4.34. The highest BCUT2D eigenvalue weighted by atomic mass is 32.2. The number of carbonyl (C=O) groups excluding carboxylic acids is 1. The molecule has 1 aromatic carbocycles. The Bertz CT molecular complexity index is 640. The van der Waals surface area contributed by atoms with E-state index in [1.807, 2.05) is 0 Å². The van der Waals surface area contributed by atoms with E-state index in [0.717, 1.165) is 24.5 Å². The Labute approximate surface area is 127 Å². The molecule has 122 valence electrons. The van der Waals surface area contributed by atoms with E-state index in [2.05, 4.69) is 0 Å². The average Bonchev–Trinajstić information content (AvgIpc) is 2.45. The van der Waals surface area contributed by atoms with Gasteiger partial charge in [0, 0.05) is 13.1 Å². The number of para-hydroxylation sites is 1. The van der Waals surface area contributed by atoms with E-state index in [1.54, 1.807) is 0 Å². The molecule has 22 heavy (non-hydrogen) atoms. The molecule has 1 aliphatic rings. The van der Waals surface area contributed by atoms with Crippen molar-refractivity contribution in [3.8, 4) is 0 Å². The number of ether oxygens (including phenoxy) is 1. The van der Waals surface area contributed by atoms with Gasteiger partial charge < -0.3 is 9.64 Å². The van der Waals surface area contributed by atoms with Gasteiger partial charge in [-0.3, -0.25) is 9.10 Å². The van der Waals surface area contributed by atoms with E-state index in [1.165, 1.54) is 4.90 Å². The highest BCUT2D eigenvalue weighted by Gasteiger charge is 2.29. The highest BCUT2D eigenvalue weighted by Crippen LogP contribution is 2.25. The first-order valence-corrected chi connectivity index (χ1v) is 8.43. The van der Waals surface area contributed by atoms with Gasteiger partial charge in [-0.1, -0.05) is 6.07 Å². The molecule has 0 aliphatic carbocycles. The summed E-state index contributed by atoms with van der Waals surface area (Å²) in [6, 6.07) is 3.00. The van der Waals surface area contributed by atoms with Crippen LogP contribution in [-0.2, 0) is 19.6 Å². The van der Waals surface area contributed by atoms with Crippen LogP contribution < -0.4 is 4.31 Å². The quantitative estimate of drug-likeness (QED) is 0.808. The van der Waals surface area contributed by atoms with E-state index in [-0.39, 0.29) is 0 Å². The van der Waals surface area contributed by atoms with Crippen LogP contribution in [0.25, 0.3) is 0 Å². The molecule has 1 saturated heterocycles. The molecule has 0 radical (unpaired) electrons. The lowest BCUT2D eigenvalue weighted by Gasteiger charge is -2.30. The van der Waals surface area contributed by atoms with Gasteiger partial charge in [0.1, 0.15) is 12.2 Å². The van der Waals surface area contributed by atoms with Crippen molar-refractivity contribution < 1.29 is 26.7 Å². The summed E-state index contributed by atoms with van der Waals surface area (Å²) in [6.07, 6.45) is 0.797. The van der Waals surface area contributed by atoms with Crippen LogP contribution in [0, 0.1) is 11.6 Å². The molecule has 0 aromatic heterocycles. The van der Waals surface area contributed by atoms with Crippen LogP contribution in [0.3, 0.4) is 0 Å². The topological polar surface area (TPSA) is 66.9 Å². The summed E-state index contributed by atoms with van der Waals surface area (Å²) in [5, 5.41) is 0. The van der Waals surface area contributed by atoms with Crippen LogP contribution in [0.5, 0.6) is 0 Å². The maximum atomic E-state index is 13.8. The molecule has 6 nitrogen and oxygen atoms in total. The SMILES string of the molecule is CS(=O)(=O)N(CC(=O)N1CCOCC1)c1c(F)cccc1F. The fourth-order valence-electron chi connectivity index (χ4n) is 2.13. The number of morpholine rings is 1. The number of sulfonamides is 1. The van der Waals surface area contributed by atoms with E-state index < -0.39 is 39.8 Å². The van der Waals surface area contributed by atoms with Crippen molar-refractivity contribution in [2.75, 3.05) is 43.4 Å². The number of rotatable bonds is 4. The maximum Gasteiger partial charge on any atom is 0.243 e. The first kappa shape index (κ1) is 16.6. The largest absolute Gasteiger partial charge is 0.378 e. The lowest BCUT2D eigenvalue weighted by Crippen LogP contribution is -2.47. The Balaban J connectivity index is 2.30. The number of halogens is 2. The molecular weight excluding hydrogens is 318 g/mol. The van der Waals surface area contributed by atoms with Gasteiger partial charge >= 0.3 is 0 Å². The molecule has 1 heterocycles. The van der Waals surface area contributed by atoms with Crippen LogP contribution in [-0.4, -0.2) is 58.3 Å². The minimum absolute atomic E-state index is 0.316. The molecule has 0 bridgehead atoms. The second-order valence-corrected chi connectivity index (χ2v) is 6.74. The van der Waals surface area contributed by atoms with Gasteiger partial charge in [0.15, 0.2) is 11.6 Å². The third kappa shape index (κ3) is 3.72. The fraction of sp³-hybridized carbons (Fsp3) is 0.462. The number of hydrogen-bond acceptors (Lipinski definition) is 4. The molecule has 1 aromatic rings. The van der Waals surface area contributed by atoms with Crippen LogP contribution in [0.2, 0.25) is 0 Å². The van der Waals surface area contributed by atoms with Crippen molar-refractivity contribution in [1.82, 2.24) is 4.90 Å². The molecule has 1 aliphatic heterocycles. The summed E-state index contributed by atoms with van der Waals surface area (Å²) >= 11 is 0. The zero-order chi connectivity index (χ0) is 16.3. The van der Waals surface area contributed by atoms with Gasteiger partial charge in [-0.25, -0.2) is 17.2 Å². The predicted molar refractivity (Wildman–Crippen MR) is 75.9 cm³/mol. The number of hydrogen-bond donors (Lipinski definition) is 0. The van der Waals surface area contributed by atoms with Crippen molar-refractivity contribution in [2.45, 2.75) is 0 Å². The summed E-state index contributed by atoms with van der Waals surface area (Å²) in [7, 11) is -4.02. The summed E-state index contributed by atoms with van der Waals surface area (Å²) in [5.41, 5.74) is -0.744. The summed E-state index contributed by atoms with van der Waals surface area (Å²) in [5.74, 6) is -2.61. The van der Waals surface area contributed by atoms with Crippen molar-refractivity contribution in [2.24, 2.45) is 0 Å². The summed E-state index contributed by atoms with van der Waals surface area (Å²) in [6.45, 7) is 0.667. The minimum atomic E-state index is -4.02. The van der Waals surface area contributed by atoms with E-state index in [0.29, 0.717) is 30.6 Å². The molecule has 0 unspecified atom stereocenters. The second kappa shape index (κ2) is 6.57. The lowest BCUT2D eigenvalue weighted by molar-refractivity contribution is -0.133. The van der Waals surface area contributed by atoms with E-state index in [4.69, 9.17) is 4.74 Å². The number of benzene rings is 1. The third-order valence-electron chi connectivity index (χ3n) is 3.23. The average molecular weight is 334 g/mol. The highest BCUT2D eigenvalue weighted by molar-refractivity contribution is 7.92. The standard InChI is InChI=1S/C13H16F2N2O4S/c1-22(19,20)17(13-10(14)3-2-4-11(13)15)9-12(18)16-5-7-21-8-6-16/h2-4H,5-9H2,1H3. The zero-order valence-electron chi connectivity index (χ0n) is 12.0. The fourth-order valence-corrected chi connectivity index (χ4v) is 2.98. The van der Waals surface area contributed by atoms with Crippen molar-refractivity contribution in [3.05, 3.63) is 29.8 Å². The number of nitrogens with zero attached hydrogens (tertiary/aromatic N) is 2. The van der Waals surface area contributed by atoms with E-state index >= 15 is 0 Å². The number of anilines is 1. The monoisotopic (exact) mass is 334 g/mol. The van der Waals surface area contributed by atoms with Gasteiger partial charge in [0.05, 0.1) is 19.5 Å². The lowest BCUT2D eigenvalue weighted by atomic mass is 10.3. The predicted octanol–water partition coefficient (Wildman–Crippen LogP) is 0.590. The normalized spacial score (nSPS) is 15.7. The minimum Gasteiger partial charge on any atom is -0.378 e. The molecule has 9 heteroatoms. The second-order valence-electron chi connectivity index (χ2n) is 4.83. The maximum absolute atomic E-state index is 13.8. The van der Waals surface area contributed by atoms with Gasteiger partial charge in [0.2, 0.25) is 15.9 Å². The molecule has 0 spiro atoms. The first-order valence-electron chi connectivity index (χ1n) is 6.58. The van der Waals surface area contributed by atoms with E-state index in [9.17, 15) is 22.0 Å². The van der Waals surface area contributed by atoms with Crippen molar-refractivity contribution in [1.29, 1.82) is 0 Å². The van der Waals surface area contributed by atoms with Crippen molar-refractivity contribution in [3.63, 3.8) is 0 Å². The molecule has 1 amide bonds. The zero-order valence-corrected chi connectivity index (χ0v) is 12.8. The molecule has 0 saturated carbocycles. The van der Waals surface area contributed by atoms with Gasteiger partial charge in [-0.15, -0.1) is 0 Å². The molecule has 0 N–H and O–H groups in total. The first-order chi connectivity index (χ1) is 10.3. The van der Waals surface area contributed by atoms with Crippen LogP contribution in [0.4, 0.5) is 14.5 Å². The molecule has 0 atom stereocenters. The van der Waals surface area contributed by atoms with Gasteiger partial charge in [-0.2, -0.15) is 0 Å². The summed E-state index contributed by atoms with van der Waals surface area (Å²) < 4.78 is 56.9. The number of carbonyl (C=O) groups is 1. The van der Waals surface area contributed by atoms with Crippen LogP contribution in [0.1, 0.15) is 0 Å². The summed E-state index contributed by atoms with van der Waals surface area (Å²) in [4.78, 5) is 13.6. The Morgan fingerprint density at radius 1 is 1.27 bits per heavy atom. The number of amides is 1. The van der Waals surface area contributed by atoms with Crippen LogP contribution in [0.15, 0.2) is 18.2 Å². The Hall–Kier alpha value is -1.74. The van der Waals surface area contributed by atoms with Crippen LogP contribution >= 0.6 is 0 Å². The smallest absolute Gasteiger partial charge is 0.243 e. The molecule has 1 fully saturated rings. The molecule has 2 rings (SSSR count). The molecular formula is C13H16F2N2O4S. The van der Waals surface area contributed by atoms with Gasteiger partial charge in [-0.05, 0) is 12.1 Å². The van der Waals surface area contributed by atoms with Crippen molar-refractivity contribution >= 4 is 21.6 Å². The van der Waals surface area contributed by atoms with Gasteiger partial charge in [0.25, 0.3) is 0 Å². The Morgan fingerprint density at radius 3 is 2.32 bits per heavy atom. The Kier molecular flexibility index (Phi) is 4.97.